The first-order valence-electron chi connectivity index (χ1n) is 14.5. The predicted octanol–water partition coefficient (Wildman–Crippen LogP) is 5.37. The van der Waals surface area contributed by atoms with E-state index in [0.29, 0.717) is 17.2 Å². The Hall–Kier alpha value is -4.63. The fraction of sp³-hybridized carbons (Fsp3) is 0.294. The molecule has 0 radical (unpaired) electrons. The molecule has 1 saturated heterocycles. The lowest BCUT2D eigenvalue weighted by molar-refractivity contribution is -0.144. The van der Waals surface area contributed by atoms with Crippen LogP contribution in [0, 0.1) is 5.92 Å². The molecule has 2 aliphatic heterocycles. The molecule has 0 aromatic heterocycles. The number of rotatable bonds is 7. The average molecular weight is 612 g/mol. The molecule has 9 nitrogen and oxygen atoms in total. The van der Waals surface area contributed by atoms with Gasteiger partial charge in [0.25, 0.3) is 0 Å². The molecule has 0 bridgehead atoms. The SMILES string of the molecule is C=C[C@@H]1C[C@]1(NC(=O)[C@@H]1C[C@]2(CC(c3cccc(Cl)c3)=NO2)CN1C(=O)OCC1c2ccccc2-c2ccccc21)C(=O)O. The number of carbonyl (C=O) groups is 3. The Balaban J connectivity index is 1.13. The largest absolute Gasteiger partial charge is 0.479 e. The van der Waals surface area contributed by atoms with Crippen molar-refractivity contribution in [1.82, 2.24) is 10.2 Å². The molecule has 1 spiro atoms. The van der Waals surface area contributed by atoms with Crippen LogP contribution in [-0.2, 0) is 19.2 Å². The van der Waals surface area contributed by atoms with Crippen molar-refractivity contribution in [3.8, 4) is 11.1 Å². The Morgan fingerprint density at radius 1 is 1.07 bits per heavy atom. The zero-order chi connectivity index (χ0) is 30.6. The molecule has 2 N–H and O–H groups in total. The Labute approximate surface area is 259 Å². The first-order valence-corrected chi connectivity index (χ1v) is 14.9. The van der Waals surface area contributed by atoms with Gasteiger partial charge in [-0.2, -0.15) is 0 Å². The molecule has 3 aromatic rings. The summed E-state index contributed by atoms with van der Waals surface area (Å²) in [6, 6.07) is 22.3. The molecule has 2 fully saturated rings. The van der Waals surface area contributed by atoms with E-state index in [2.05, 4.69) is 29.2 Å². The molecule has 4 aliphatic rings. The average Bonchev–Trinajstić information content (AvgIpc) is 3.29. The normalized spacial score (nSPS) is 26.4. The lowest BCUT2D eigenvalue weighted by Gasteiger charge is -2.25. The third kappa shape index (κ3) is 4.63. The van der Waals surface area contributed by atoms with Crippen LogP contribution < -0.4 is 5.32 Å². The van der Waals surface area contributed by atoms with Crippen molar-refractivity contribution in [2.75, 3.05) is 13.2 Å². The van der Waals surface area contributed by atoms with Crippen LogP contribution in [-0.4, -0.2) is 64.0 Å². The number of hydrogen-bond acceptors (Lipinski definition) is 6. The number of oxime groups is 1. The maximum Gasteiger partial charge on any atom is 0.410 e. The number of carbonyl (C=O) groups excluding carboxylic acids is 2. The molecule has 2 amide bonds. The third-order valence-corrected chi connectivity index (χ3v) is 9.53. The molecular weight excluding hydrogens is 582 g/mol. The molecule has 4 atom stereocenters. The van der Waals surface area contributed by atoms with Gasteiger partial charge < -0.3 is 20.0 Å². The van der Waals surface area contributed by atoms with Crippen molar-refractivity contribution in [1.29, 1.82) is 0 Å². The van der Waals surface area contributed by atoms with Crippen LogP contribution in [0.1, 0.15) is 41.9 Å². The predicted molar refractivity (Wildman–Crippen MR) is 163 cm³/mol. The van der Waals surface area contributed by atoms with Crippen molar-refractivity contribution in [2.45, 2.75) is 42.4 Å². The Kier molecular flexibility index (Phi) is 6.73. The van der Waals surface area contributed by atoms with Crippen LogP contribution in [0.3, 0.4) is 0 Å². The molecule has 7 rings (SSSR count). The van der Waals surface area contributed by atoms with Crippen LogP contribution in [0.2, 0.25) is 5.02 Å². The van der Waals surface area contributed by atoms with E-state index in [1.54, 1.807) is 12.1 Å². The zero-order valence-corrected chi connectivity index (χ0v) is 24.5. The monoisotopic (exact) mass is 611 g/mol. The van der Waals surface area contributed by atoms with Gasteiger partial charge in [0, 0.05) is 35.3 Å². The summed E-state index contributed by atoms with van der Waals surface area (Å²) in [5.74, 6) is -2.28. The lowest BCUT2D eigenvalue weighted by Crippen LogP contribution is -2.53. The number of carboxylic acids is 1. The number of benzene rings is 3. The minimum atomic E-state index is -1.44. The number of aliphatic carboxylic acids is 1. The second kappa shape index (κ2) is 10.5. The zero-order valence-electron chi connectivity index (χ0n) is 23.7. The van der Waals surface area contributed by atoms with Gasteiger partial charge >= 0.3 is 12.1 Å². The Morgan fingerprint density at radius 3 is 2.41 bits per heavy atom. The molecule has 2 heterocycles. The summed E-state index contributed by atoms with van der Waals surface area (Å²) < 4.78 is 5.93. The number of halogens is 1. The van der Waals surface area contributed by atoms with Gasteiger partial charge in [-0.15, -0.1) is 6.58 Å². The van der Waals surface area contributed by atoms with Gasteiger partial charge in [0.1, 0.15) is 18.2 Å². The van der Waals surface area contributed by atoms with Crippen molar-refractivity contribution in [3.63, 3.8) is 0 Å². The Morgan fingerprint density at radius 2 is 1.77 bits per heavy atom. The number of ether oxygens (including phenoxy) is 1. The molecule has 224 valence electrons. The van der Waals surface area contributed by atoms with Gasteiger partial charge in [-0.1, -0.05) is 83.5 Å². The number of fused-ring (bicyclic) bond motifs is 3. The van der Waals surface area contributed by atoms with Crippen molar-refractivity contribution < 1.29 is 29.1 Å². The van der Waals surface area contributed by atoms with E-state index in [0.717, 1.165) is 27.8 Å². The van der Waals surface area contributed by atoms with Crippen LogP contribution >= 0.6 is 11.6 Å². The quantitative estimate of drug-likeness (QED) is 0.347. The number of amides is 2. The van der Waals surface area contributed by atoms with Gasteiger partial charge in [0.15, 0.2) is 5.60 Å². The number of likely N-dealkylation sites (tertiary alicyclic amines) is 1. The summed E-state index contributed by atoms with van der Waals surface area (Å²) in [7, 11) is 0. The van der Waals surface area contributed by atoms with E-state index >= 15 is 0 Å². The van der Waals surface area contributed by atoms with Gasteiger partial charge in [0.05, 0.1) is 12.3 Å². The van der Waals surface area contributed by atoms with Crippen LogP contribution in [0.4, 0.5) is 4.79 Å². The summed E-state index contributed by atoms with van der Waals surface area (Å²) >= 11 is 6.20. The number of hydrogen-bond donors (Lipinski definition) is 2. The highest BCUT2D eigenvalue weighted by atomic mass is 35.5. The van der Waals surface area contributed by atoms with Crippen molar-refractivity contribution >= 4 is 35.3 Å². The van der Waals surface area contributed by atoms with E-state index in [-0.39, 0.29) is 31.9 Å². The molecule has 2 aliphatic carbocycles. The second-order valence-corrected chi connectivity index (χ2v) is 12.4. The topological polar surface area (TPSA) is 118 Å². The fourth-order valence-corrected chi connectivity index (χ4v) is 7.10. The van der Waals surface area contributed by atoms with Crippen LogP contribution in [0.25, 0.3) is 11.1 Å². The molecule has 10 heteroatoms. The van der Waals surface area contributed by atoms with E-state index in [9.17, 15) is 19.5 Å². The molecule has 3 aromatic carbocycles. The maximum absolute atomic E-state index is 13.8. The van der Waals surface area contributed by atoms with Gasteiger partial charge in [0.2, 0.25) is 5.91 Å². The van der Waals surface area contributed by atoms with Gasteiger partial charge in [-0.25, -0.2) is 9.59 Å². The summed E-state index contributed by atoms with van der Waals surface area (Å²) in [4.78, 5) is 47.0. The summed E-state index contributed by atoms with van der Waals surface area (Å²) in [6.07, 6.45) is 1.54. The third-order valence-electron chi connectivity index (χ3n) is 9.30. The first-order chi connectivity index (χ1) is 21.2. The van der Waals surface area contributed by atoms with Crippen LogP contribution in [0.15, 0.2) is 90.6 Å². The second-order valence-electron chi connectivity index (χ2n) is 12.0. The summed E-state index contributed by atoms with van der Waals surface area (Å²) in [6.45, 7) is 3.82. The summed E-state index contributed by atoms with van der Waals surface area (Å²) in [5.41, 5.74) is 3.35. The minimum absolute atomic E-state index is 0.0419. The van der Waals surface area contributed by atoms with Crippen molar-refractivity contribution in [2.24, 2.45) is 11.1 Å². The maximum atomic E-state index is 13.8. The summed E-state index contributed by atoms with van der Waals surface area (Å²) in [5, 5.41) is 17.5. The first kappa shape index (κ1) is 28.2. The molecule has 44 heavy (non-hydrogen) atoms. The molecule has 0 unspecified atom stereocenters. The minimum Gasteiger partial charge on any atom is -0.479 e. The van der Waals surface area contributed by atoms with Crippen molar-refractivity contribution in [3.05, 3.63) is 107 Å². The lowest BCUT2D eigenvalue weighted by atomic mass is 9.91. The van der Waals surface area contributed by atoms with E-state index in [1.165, 1.54) is 11.0 Å². The van der Waals surface area contributed by atoms with E-state index in [1.807, 2.05) is 48.5 Å². The standard InChI is InChI=1S/C34H30ClN3O6/c1-2-21-15-34(21,31(40)41)36-30(39)29-17-33(16-28(37-44-33)20-8-7-9-22(35)14-20)19-38(29)32(42)43-18-27-25-12-5-3-10-23(25)24-11-4-6-13-26(24)27/h2-14,21,27,29H,1,15-19H2,(H,36,39)(H,40,41)/t21-,29+,33-,34-/m1/s1. The molecule has 1 saturated carbocycles. The number of nitrogens with one attached hydrogen (secondary N) is 1. The van der Waals surface area contributed by atoms with Gasteiger partial charge in [-0.3, -0.25) is 9.69 Å². The van der Waals surface area contributed by atoms with Crippen LogP contribution in [0.5, 0.6) is 0 Å². The fourth-order valence-electron chi connectivity index (χ4n) is 6.91. The molecular formula is C34H30ClN3O6. The number of carboxylic acid groups (broad SMARTS) is 1. The highest BCUT2D eigenvalue weighted by Gasteiger charge is 2.62. The van der Waals surface area contributed by atoms with E-state index in [4.69, 9.17) is 21.2 Å². The highest BCUT2D eigenvalue weighted by Crippen LogP contribution is 2.47. The Bertz CT molecular complexity index is 1700. The number of nitrogens with zero attached hydrogens (tertiary/aromatic N) is 2. The highest BCUT2D eigenvalue weighted by molar-refractivity contribution is 6.31. The van der Waals surface area contributed by atoms with E-state index < -0.39 is 41.1 Å². The smallest absolute Gasteiger partial charge is 0.410 e. The van der Waals surface area contributed by atoms with Gasteiger partial charge in [-0.05, 0) is 40.8 Å².